The molecule has 2 aromatic rings. The Kier molecular flexibility index (Phi) is 14.1. The largest absolute Gasteiger partial charge is 0.504 e. The number of carbonyl (C=O) groups excluding carboxylic acids is 1. The highest BCUT2D eigenvalue weighted by atomic mass is 16.8. The Hall–Kier alpha value is -3.67. The number of aliphatic hydroxyl groups is 7. The Bertz CT molecular complexity index is 1570. The van der Waals surface area contributed by atoms with Gasteiger partial charge in [-0.2, -0.15) is 0 Å². The highest BCUT2D eigenvalue weighted by Crippen LogP contribution is 2.33. The van der Waals surface area contributed by atoms with Crippen LogP contribution in [-0.4, -0.2) is 170 Å². The summed E-state index contributed by atoms with van der Waals surface area (Å²) in [5, 5.41) is 103. The summed E-state index contributed by atoms with van der Waals surface area (Å²) in [6, 6.07) is 8.44. The second-order valence-corrected chi connectivity index (χ2v) is 13.0. The molecule has 0 radical (unpaired) electrons. The maximum atomic E-state index is 13.3. The van der Waals surface area contributed by atoms with Crippen LogP contribution in [-0.2, 0) is 44.4 Å². The minimum Gasteiger partial charge on any atom is -0.504 e. The summed E-state index contributed by atoms with van der Waals surface area (Å²) in [5.74, 6) is -1.75. The number of carbonyl (C=O) groups is 1. The predicted octanol–water partition coefficient (Wildman–Crippen LogP) is -2.25. The van der Waals surface area contributed by atoms with E-state index >= 15 is 0 Å². The van der Waals surface area contributed by atoms with Crippen molar-refractivity contribution in [2.24, 2.45) is 0 Å². The van der Waals surface area contributed by atoms with E-state index in [1.54, 1.807) is 12.1 Å². The van der Waals surface area contributed by atoms with E-state index in [9.17, 15) is 55.9 Å². The van der Waals surface area contributed by atoms with Gasteiger partial charge in [0.15, 0.2) is 48.0 Å². The molecule has 0 unspecified atom stereocenters. The maximum Gasteiger partial charge on any atom is 0.331 e. The van der Waals surface area contributed by atoms with Crippen LogP contribution in [0.1, 0.15) is 18.1 Å². The zero-order chi connectivity index (χ0) is 39.3. The molecule has 14 atom stereocenters. The van der Waals surface area contributed by atoms with E-state index in [1.165, 1.54) is 44.4 Å². The number of hydrogen-bond donors (Lipinski definition) is 10. The number of rotatable bonds is 13. The van der Waals surface area contributed by atoms with Crippen molar-refractivity contribution >= 4 is 12.0 Å². The van der Waals surface area contributed by atoms with Crippen molar-refractivity contribution in [3.05, 3.63) is 53.6 Å². The number of aromatic hydroxyl groups is 3. The van der Waals surface area contributed by atoms with E-state index in [-0.39, 0.29) is 30.1 Å². The van der Waals surface area contributed by atoms with Crippen LogP contribution in [0.2, 0.25) is 0 Å². The Morgan fingerprint density at radius 2 is 1.52 bits per heavy atom. The van der Waals surface area contributed by atoms with Crippen LogP contribution in [0.15, 0.2) is 42.5 Å². The molecule has 19 nitrogen and oxygen atoms in total. The van der Waals surface area contributed by atoms with Gasteiger partial charge in [0.25, 0.3) is 0 Å². The van der Waals surface area contributed by atoms with E-state index in [2.05, 4.69) is 0 Å². The lowest BCUT2D eigenvalue weighted by molar-refractivity contribution is -0.362. The number of phenols is 3. The van der Waals surface area contributed by atoms with Crippen molar-refractivity contribution in [1.82, 2.24) is 0 Å². The van der Waals surface area contributed by atoms with E-state index < -0.39 is 117 Å². The van der Waals surface area contributed by atoms with Crippen LogP contribution in [0.25, 0.3) is 6.08 Å². The van der Waals surface area contributed by atoms with Gasteiger partial charge in [0.1, 0.15) is 54.9 Å². The zero-order valence-corrected chi connectivity index (χ0v) is 29.2. The molecule has 0 saturated carbocycles. The first-order chi connectivity index (χ1) is 25.7. The molecule has 19 heteroatoms. The maximum absolute atomic E-state index is 13.3. The first-order valence-corrected chi connectivity index (χ1v) is 17.0. The second-order valence-electron chi connectivity index (χ2n) is 13.0. The first kappa shape index (κ1) is 41.5. The summed E-state index contributed by atoms with van der Waals surface area (Å²) in [6.07, 6.45) is -19.8. The topological polar surface area (TPSA) is 293 Å². The fraction of sp³-hybridized carbons (Fsp3) is 0.571. The Morgan fingerprint density at radius 1 is 0.778 bits per heavy atom. The lowest BCUT2D eigenvalue weighted by Gasteiger charge is -2.47. The minimum atomic E-state index is -1.85. The average molecular weight is 771 g/mol. The van der Waals surface area contributed by atoms with Crippen LogP contribution in [0.4, 0.5) is 0 Å². The molecule has 2 aromatic carbocycles. The fourth-order valence-electron chi connectivity index (χ4n) is 6.03. The molecule has 5 rings (SSSR count). The summed E-state index contributed by atoms with van der Waals surface area (Å²) in [4.78, 5) is 13.3. The van der Waals surface area contributed by atoms with Crippen molar-refractivity contribution in [2.45, 2.75) is 99.4 Å². The Morgan fingerprint density at radius 3 is 2.22 bits per heavy atom. The van der Waals surface area contributed by atoms with Crippen LogP contribution in [0, 0.1) is 0 Å². The number of ether oxygens (including phenoxy) is 8. The van der Waals surface area contributed by atoms with Crippen LogP contribution >= 0.6 is 0 Å². The van der Waals surface area contributed by atoms with Gasteiger partial charge in [0.2, 0.25) is 0 Å². The molecule has 3 aliphatic heterocycles. The molecular formula is C35H46O19. The smallest absolute Gasteiger partial charge is 0.331 e. The molecule has 3 fully saturated rings. The molecule has 10 N–H and O–H groups in total. The van der Waals surface area contributed by atoms with Crippen molar-refractivity contribution in [1.29, 1.82) is 0 Å². The van der Waals surface area contributed by atoms with Crippen molar-refractivity contribution in [3.8, 4) is 23.0 Å². The van der Waals surface area contributed by atoms with E-state index in [1.807, 2.05) is 0 Å². The van der Waals surface area contributed by atoms with Gasteiger partial charge < -0.3 is 89.0 Å². The molecule has 3 aliphatic rings. The van der Waals surface area contributed by atoms with E-state index in [0.29, 0.717) is 5.56 Å². The summed E-state index contributed by atoms with van der Waals surface area (Å²) in [7, 11) is 1.40. The highest BCUT2D eigenvalue weighted by molar-refractivity contribution is 5.87. The quantitative estimate of drug-likeness (QED) is 0.0585. The lowest BCUT2D eigenvalue weighted by Crippen LogP contribution is -2.65. The Labute approximate surface area is 308 Å². The number of phenolic OH excluding ortho intramolecular Hbond substituents is 3. The van der Waals surface area contributed by atoms with Crippen molar-refractivity contribution in [3.63, 3.8) is 0 Å². The van der Waals surface area contributed by atoms with Crippen LogP contribution in [0.5, 0.6) is 23.0 Å². The van der Waals surface area contributed by atoms with Gasteiger partial charge in [0.05, 0.1) is 33.0 Å². The predicted molar refractivity (Wildman–Crippen MR) is 179 cm³/mol. The number of hydrogen-bond acceptors (Lipinski definition) is 19. The number of methoxy groups -OCH3 is 1. The van der Waals surface area contributed by atoms with Crippen molar-refractivity contribution in [2.75, 3.05) is 26.9 Å². The molecule has 0 bridgehead atoms. The molecule has 54 heavy (non-hydrogen) atoms. The average Bonchev–Trinajstić information content (AvgIpc) is 3.14. The van der Waals surface area contributed by atoms with E-state index in [4.69, 9.17) is 37.9 Å². The summed E-state index contributed by atoms with van der Waals surface area (Å²) < 4.78 is 45.3. The van der Waals surface area contributed by atoms with Gasteiger partial charge in [-0.05, 0) is 54.8 Å². The number of esters is 1. The minimum absolute atomic E-state index is 0.112. The standard InChI is InChI=1S/C35H46O19/c1-15-25(41)27(43)29(45)35(51-15)54-32-30(46)34(48-10-9-17-4-7-22(47-2)20(38)12-17)52-23(14-50-33-28(44)26(42)21(39)13-49-33)31(32)53-24(40)8-5-16-3-6-18(36)19(37)11-16/h3-8,11-12,15,21,23,25-39,41-46H,9-10,13-14H2,1-2H3/t15-,21-,23+,25-,26-,27+,28+,29+,30+,31+,32+,33+,34+,35-/m0/s1. The van der Waals surface area contributed by atoms with Gasteiger partial charge in [-0.3, -0.25) is 0 Å². The Balaban J connectivity index is 1.41. The van der Waals surface area contributed by atoms with Gasteiger partial charge in [-0.25, -0.2) is 4.79 Å². The molecule has 0 amide bonds. The van der Waals surface area contributed by atoms with Gasteiger partial charge in [0, 0.05) is 6.08 Å². The van der Waals surface area contributed by atoms with Crippen LogP contribution < -0.4 is 4.74 Å². The monoisotopic (exact) mass is 770 g/mol. The van der Waals surface area contributed by atoms with E-state index in [0.717, 1.165) is 6.08 Å². The zero-order valence-electron chi connectivity index (χ0n) is 29.2. The fourth-order valence-corrected chi connectivity index (χ4v) is 6.03. The summed E-state index contributed by atoms with van der Waals surface area (Å²) in [5.41, 5.74) is 0.911. The molecule has 0 aliphatic carbocycles. The summed E-state index contributed by atoms with van der Waals surface area (Å²) >= 11 is 0. The van der Waals surface area contributed by atoms with Gasteiger partial charge >= 0.3 is 5.97 Å². The van der Waals surface area contributed by atoms with Crippen molar-refractivity contribution < 1.29 is 93.8 Å². The number of aliphatic hydroxyl groups excluding tert-OH is 7. The molecule has 0 spiro atoms. The second kappa shape index (κ2) is 18.3. The van der Waals surface area contributed by atoms with Gasteiger partial charge in [-0.15, -0.1) is 0 Å². The molecule has 0 aromatic heterocycles. The molecular weight excluding hydrogens is 724 g/mol. The molecule has 3 heterocycles. The third-order valence-electron chi connectivity index (χ3n) is 9.17. The lowest BCUT2D eigenvalue weighted by atomic mass is 9.96. The normalized spacial score (nSPS) is 35.9. The SMILES string of the molecule is COc1ccc(CCO[C@@H]2O[C@H](CO[C@H]3OC[C@H](O)[C@H](O)[C@H]3O)[C@@H](OC(=O)C=Cc3ccc(O)c(O)c3)[C@H](O[C@@H]3O[C@@H](C)[C@H](O)[C@@H](O)[C@H]3O)[C@H]2O)cc1O. The molecule has 3 saturated heterocycles. The summed E-state index contributed by atoms with van der Waals surface area (Å²) in [6.45, 7) is 0.313. The first-order valence-electron chi connectivity index (χ1n) is 17.0. The third-order valence-corrected chi connectivity index (χ3v) is 9.17. The van der Waals surface area contributed by atoms with Gasteiger partial charge in [-0.1, -0.05) is 12.1 Å². The third kappa shape index (κ3) is 9.76. The molecule has 300 valence electrons. The highest BCUT2D eigenvalue weighted by Gasteiger charge is 2.53. The number of benzene rings is 2. The van der Waals surface area contributed by atoms with Crippen LogP contribution in [0.3, 0.4) is 0 Å².